The number of carbonyl (C=O) groups is 2. The van der Waals surface area contributed by atoms with Crippen molar-refractivity contribution in [2.75, 3.05) is 18.6 Å². The first kappa shape index (κ1) is 14.2. The fraction of sp³-hybridized carbons (Fsp3) is 0.385. The second kappa shape index (κ2) is 5.24. The zero-order valence-corrected chi connectivity index (χ0v) is 11.8. The van der Waals surface area contributed by atoms with Crippen molar-refractivity contribution in [2.24, 2.45) is 0 Å². The van der Waals surface area contributed by atoms with Crippen LogP contribution in [0.15, 0.2) is 17.1 Å². The number of esters is 1. The summed E-state index contributed by atoms with van der Waals surface area (Å²) in [5.41, 5.74) is -0.579. The fourth-order valence-corrected chi connectivity index (χ4v) is 2.42. The lowest BCUT2D eigenvalue weighted by atomic mass is 10.3. The van der Waals surface area contributed by atoms with Gasteiger partial charge < -0.3 is 9.64 Å². The third kappa shape index (κ3) is 2.24. The van der Waals surface area contributed by atoms with E-state index < -0.39 is 24.0 Å². The maximum absolute atomic E-state index is 14.2. The summed E-state index contributed by atoms with van der Waals surface area (Å²) < 4.78 is 20.4. The smallest absolute Gasteiger partial charge is 0.351 e. The predicted octanol–water partition coefficient (Wildman–Crippen LogP) is -0.0651. The highest BCUT2D eigenvalue weighted by Gasteiger charge is 2.24. The average Bonchev–Trinajstić information content (AvgIpc) is 3.05. The largest absolute Gasteiger partial charge is 0.468 e. The highest BCUT2D eigenvalue weighted by Crippen LogP contribution is 2.22. The number of nitrogens with zero attached hydrogens (tertiary/aromatic N) is 4. The topological polar surface area (TPSA) is 85.9 Å². The minimum absolute atomic E-state index is 0.117. The van der Waals surface area contributed by atoms with Crippen LogP contribution in [0.3, 0.4) is 0 Å². The molecule has 3 rings (SSSR count). The average molecular weight is 308 g/mol. The number of hydrogen-bond donors (Lipinski definition) is 0. The first-order valence-corrected chi connectivity index (χ1v) is 6.67. The normalized spacial score (nSPS) is 14.8. The molecule has 8 nitrogen and oxygen atoms in total. The maximum Gasteiger partial charge on any atom is 0.351 e. The van der Waals surface area contributed by atoms with Crippen molar-refractivity contribution >= 4 is 23.2 Å². The Morgan fingerprint density at radius 3 is 2.86 bits per heavy atom. The minimum atomic E-state index is -0.738. The van der Waals surface area contributed by atoms with Gasteiger partial charge in [0.1, 0.15) is 6.54 Å². The zero-order chi connectivity index (χ0) is 15.9. The van der Waals surface area contributed by atoms with Gasteiger partial charge in [-0.3, -0.25) is 9.59 Å². The van der Waals surface area contributed by atoms with Gasteiger partial charge in [-0.2, -0.15) is 0 Å². The van der Waals surface area contributed by atoms with Crippen LogP contribution >= 0.6 is 0 Å². The van der Waals surface area contributed by atoms with Gasteiger partial charge in [-0.05, 0) is 6.42 Å². The molecular weight excluding hydrogens is 295 g/mol. The van der Waals surface area contributed by atoms with Crippen molar-refractivity contribution in [3.63, 3.8) is 0 Å². The molecule has 0 N–H and O–H groups in total. The van der Waals surface area contributed by atoms with Gasteiger partial charge in [-0.25, -0.2) is 18.3 Å². The van der Waals surface area contributed by atoms with E-state index in [9.17, 15) is 18.8 Å². The van der Waals surface area contributed by atoms with E-state index in [1.165, 1.54) is 18.2 Å². The standard InChI is InChI=1S/C13H13FN4O4/c1-22-11(20)7-18-13(21)17-6-8(5-9(14)12(17)15-18)16-4-2-3-10(16)19/h5-6H,2-4,7H2,1H3. The van der Waals surface area contributed by atoms with Crippen LogP contribution in [0.5, 0.6) is 0 Å². The third-order valence-corrected chi connectivity index (χ3v) is 3.51. The van der Waals surface area contributed by atoms with Gasteiger partial charge in [0, 0.05) is 25.2 Å². The molecule has 1 saturated heterocycles. The number of methoxy groups -OCH3 is 1. The molecule has 0 aromatic carbocycles. The van der Waals surface area contributed by atoms with Gasteiger partial charge in [-0.15, -0.1) is 5.10 Å². The second-order valence-electron chi connectivity index (χ2n) is 4.91. The molecule has 1 aliphatic rings. The number of amides is 1. The molecule has 9 heteroatoms. The Labute approximate surface area is 123 Å². The number of pyridine rings is 1. The number of halogens is 1. The Morgan fingerprint density at radius 1 is 1.45 bits per heavy atom. The lowest BCUT2D eigenvalue weighted by Gasteiger charge is -2.15. The summed E-state index contributed by atoms with van der Waals surface area (Å²) in [5.74, 6) is -1.52. The Balaban J connectivity index is 2.09. The summed E-state index contributed by atoms with van der Waals surface area (Å²) in [4.78, 5) is 36.6. The molecule has 0 atom stereocenters. The van der Waals surface area contributed by atoms with Gasteiger partial charge in [0.25, 0.3) is 0 Å². The molecule has 116 valence electrons. The van der Waals surface area contributed by atoms with E-state index in [0.717, 1.165) is 15.1 Å². The maximum atomic E-state index is 14.2. The summed E-state index contributed by atoms with van der Waals surface area (Å²) >= 11 is 0. The Hall–Kier alpha value is -2.71. The summed E-state index contributed by atoms with van der Waals surface area (Å²) in [6.07, 6.45) is 2.44. The van der Waals surface area contributed by atoms with E-state index in [1.54, 1.807) is 0 Å². The van der Waals surface area contributed by atoms with E-state index >= 15 is 0 Å². The molecular formula is C13H13FN4O4. The highest BCUT2D eigenvalue weighted by atomic mass is 19.1. The molecule has 1 aliphatic heterocycles. The van der Waals surface area contributed by atoms with Crippen molar-refractivity contribution in [2.45, 2.75) is 19.4 Å². The van der Waals surface area contributed by atoms with Gasteiger partial charge in [0.2, 0.25) is 5.91 Å². The molecule has 0 bridgehead atoms. The lowest BCUT2D eigenvalue weighted by Crippen LogP contribution is -2.27. The lowest BCUT2D eigenvalue weighted by molar-refractivity contribution is -0.141. The minimum Gasteiger partial charge on any atom is -0.468 e. The number of fused-ring (bicyclic) bond motifs is 1. The number of ether oxygens (including phenoxy) is 1. The van der Waals surface area contributed by atoms with Crippen molar-refractivity contribution in [1.82, 2.24) is 14.2 Å². The SMILES string of the molecule is COC(=O)Cn1nc2c(F)cc(N3CCCC3=O)cn2c1=O. The van der Waals surface area contributed by atoms with Crippen LogP contribution in [0.1, 0.15) is 12.8 Å². The molecule has 0 spiro atoms. The van der Waals surface area contributed by atoms with E-state index in [0.29, 0.717) is 25.1 Å². The van der Waals surface area contributed by atoms with Crippen molar-refractivity contribution in [1.29, 1.82) is 0 Å². The number of hydrogen-bond acceptors (Lipinski definition) is 5. The van der Waals surface area contributed by atoms with Crippen LogP contribution in [-0.4, -0.2) is 39.7 Å². The molecule has 0 aliphatic carbocycles. The molecule has 2 aromatic rings. The van der Waals surface area contributed by atoms with Crippen LogP contribution in [0.25, 0.3) is 5.65 Å². The predicted molar refractivity (Wildman–Crippen MR) is 73.0 cm³/mol. The van der Waals surface area contributed by atoms with Gasteiger partial charge in [0.15, 0.2) is 11.5 Å². The van der Waals surface area contributed by atoms with E-state index in [-0.39, 0.29) is 11.6 Å². The van der Waals surface area contributed by atoms with Crippen LogP contribution in [0.2, 0.25) is 0 Å². The van der Waals surface area contributed by atoms with E-state index in [4.69, 9.17) is 0 Å². The van der Waals surface area contributed by atoms with Crippen LogP contribution in [0.4, 0.5) is 10.1 Å². The Kier molecular flexibility index (Phi) is 3.39. The van der Waals surface area contributed by atoms with Gasteiger partial charge in [0.05, 0.1) is 12.8 Å². The number of anilines is 1. The number of carbonyl (C=O) groups excluding carboxylic acids is 2. The van der Waals surface area contributed by atoms with Crippen LogP contribution in [0, 0.1) is 5.82 Å². The summed E-state index contributed by atoms with van der Waals surface area (Å²) in [7, 11) is 1.18. The first-order valence-electron chi connectivity index (χ1n) is 6.67. The molecule has 1 fully saturated rings. The molecule has 2 aromatic heterocycles. The van der Waals surface area contributed by atoms with Crippen molar-refractivity contribution in [3.05, 3.63) is 28.6 Å². The molecule has 0 radical (unpaired) electrons. The quantitative estimate of drug-likeness (QED) is 0.741. The molecule has 0 unspecified atom stereocenters. The summed E-state index contributed by atoms with van der Waals surface area (Å²) in [6, 6.07) is 1.16. The fourth-order valence-electron chi connectivity index (χ4n) is 2.42. The van der Waals surface area contributed by atoms with Crippen LogP contribution < -0.4 is 10.6 Å². The van der Waals surface area contributed by atoms with Crippen molar-refractivity contribution < 1.29 is 18.7 Å². The first-order chi connectivity index (χ1) is 10.5. The van der Waals surface area contributed by atoms with Crippen LogP contribution in [-0.2, 0) is 20.9 Å². The number of rotatable bonds is 3. The van der Waals surface area contributed by atoms with Gasteiger partial charge in [-0.1, -0.05) is 0 Å². The monoisotopic (exact) mass is 308 g/mol. The molecule has 22 heavy (non-hydrogen) atoms. The van der Waals surface area contributed by atoms with Gasteiger partial charge >= 0.3 is 11.7 Å². The number of aromatic nitrogens is 3. The second-order valence-corrected chi connectivity index (χ2v) is 4.91. The molecule has 0 saturated carbocycles. The van der Waals surface area contributed by atoms with E-state index in [2.05, 4.69) is 9.84 Å². The highest BCUT2D eigenvalue weighted by molar-refractivity contribution is 5.95. The van der Waals surface area contributed by atoms with E-state index in [1.807, 2.05) is 0 Å². The summed E-state index contributed by atoms with van der Waals surface area (Å²) in [5, 5.41) is 3.77. The summed E-state index contributed by atoms with van der Waals surface area (Å²) in [6.45, 7) is 0.0727. The molecule has 3 heterocycles. The zero-order valence-electron chi connectivity index (χ0n) is 11.8. The third-order valence-electron chi connectivity index (χ3n) is 3.51. The van der Waals surface area contributed by atoms with Crippen molar-refractivity contribution in [3.8, 4) is 0 Å². The molecule has 1 amide bonds. The Morgan fingerprint density at radius 2 is 2.23 bits per heavy atom. The Bertz CT molecular complexity index is 825.